The van der Waals surface area contributed by atoms with Gasteiger partial charge in [-0.1, -0.05) is 51.1 Å². The maximum Gasteiger partial charge on any atom is 0.404 e. The number of hydrogen-bond acceptors (Lipinski definition) is 11. The Bertz CT molecular complexity index is 1960. The summed E-state index contributed by atoms with van der Waals surface area (Å²) in [6.07, 6.45) is 3.37. The molecule has 4 rings (SSSR count). The molecule has 0 unspecified atom stereocenters. The van der Waals surface area contributed by atoms with Gasteiger partial charge in [0.15, 0.2) is 0 Å². The highest BCUT2D eigenvalue weighted by atomic mass is 32.2. The number of aromatic nitrogens is 2. The van der Waals surface area contributed by atoms with E-state index >= 15 is 4.39 Å². The Hall–Kier alpha value is -5.21. The van der Waals surface area contributed by atoms with Gasteiger partial charge < -0.3 is 44.2 Å². The van der Waals surface area contributed by atoms with Gasteiger partial charge >= 0.3 is 6.09 Å². The fourth-order valence-electron chi connectivity index (χ4n) is 6.55. The summed E-state index contributed by atoms with van der Waals surface area (Å²) in [5.74, 6) is -1.35. The highest BCUT2D eigenvalue weighted by Gasteiger charge is 2.38. The number of nitrogens with zero attached hydrogens (tertiary/aromatic N) is 4. The van der Waals surface area contributed by atoms with Crippen LogP contribution in [-0.4, -0.2) is 145 Å². The van der Waals surface area contributed by atoms with Crippen molar-refractivity contribution in [3.05, 3.63) is 89.9 Å². The lowest BCUT2D eigenvalue weighted by Crippen LogP contribution is -2.44. The van der Waals surface area contributed by atoms with Crippen molar-refractivity contribution in [2.45, 2.75) is 46.2 Å². The van der Waals surface area contributed by atoms with E-state index in [0.717, 1.165) is 28.7 Å². The summed E-state index contributed by atoms with van der Waals surface area (Å²) in [4.78, 5) is 68.0. The molecule has 63 heavy (non-hydrogen) atoms. The van der Waals surface area contributed by atoms with Crippen LogP contribution in [0.1, 0.15) is 51.0 Å². The van der Waals surface area contributed by atoms with Crippen LogP contribution >= 0.6 is 11.8 Å². The fraction of sp³-hybridized carbons (Fsp3) is 0.500. The number of carbonyl (C=O) groups is 5. The fourth-order valence-corrected chi connectivity index (χ4v) is 7.27. The molecule has 3 aromatic rings. The first-order valence-corrected chi connectivity index (χ1v) is 21.9. The van der Waals surface area contributed by atoms with Gasteiger partial charge in [0.25, 0.3) is 11.8 Å². The molecule has 16 nitrogen and oxygen atoms in total. The molecule has 0 saturated heterocycles. The first-order chi connectivity index (χ1) is 30.2. The number of carboxylic acid groups (broad SMARTS) is 1. The van der Waals surface area contributed by atoms with Crippen molar-refractivity contribution in [1.29, 1.82) is 0 Å². The molecule has 344 valence electrons. The quantitative estimate of drug-likeness (QED) is 0.0646. The summed E-state index contributed by atoms with van der Waals surface area (Å²) < 4.78 is 53.5. The smallest absolute Gasteiger partial charge is 0.404 e. The molecule has 1 aromatic heterocycles. The normalized spacial score (nSPS) is 13.1. The highest BCUT2D eigenvalue weighted by molar-refractivity contribution is 7.99. The lowest BCUT2D eigenvalue weighted by atomic mass is 9.84. The molecule has 1 aliphatic rings. The summed E-state index contributed by atoms with van der Waals surface area (Å²) in [6, 6.07) is 12.2. The number of hydrogen-bond donors (Lipinski definition) is 3. The van der Waals surface area contributed by atoms with E-state index in [1.54, 1.807) is 11.1 Å². The average Bonchev–Trinajstić information content (AvgIpc) is 3.79. The number of thioether (sulfide) groups is 1. The van der Waals surface area contributed by atoms with Crippen LogP contribution < -0.4 is 10.6 Å². The van der Waals surface area contributed by atoms with Gasteiger partial charge in [-0.2, -0.15) is 0 Å². The molecule has 2 aromatic carbocycles. The highest BCUT2D eigenvalue weighted by Crippen LogP contribution is 2.40. The average molecular weight is 901 g/mol. The van der Waals surface area contributed by atoms with Crippen LogP contribution in [0.25, 0.3) is 11.3 Å². The number of nitrogens with one attached hydrogen (secondary N) is 2. The predicted octanol–water partition coefficient (Wildman–Crippen LogP) is 4.68. The number of ether oxygens (including phenoxy) is 4. The number of carbonyl (C=O) groups excluding carboxylic acids is 4. The van der Waals surface area contributed by atoms with Crippen molar-refractivity contribution >= 4 is 41.5 Å². The third-order valence-electron chi connectivity index (χ3n) is 9.50. The summed E-state index contributed by atoms with van der Waals surface area (Å²) in [6.45, 7) is 9.47. The molecule has 0 radical (unpaired) electrons. The molecular formula is C44H58F2N6O10S. The monoisotopic (exact) mass is 900 g/mol. The minimum atomic E-state index is -1.17. The number of amides is 5. The third kappa shape index (κ3) is 17.5. The van der Waals surface area contributed by atoms with Crippen LogP contribution in [0.3, 0.4) is 0 Å². The van der Waals surface area contributed by atoms with Crippen LogP contribution in [0.2, 0.25) is 0 Å². The van der Waals surface area contributed by atoms with E-state index in [1.165, 1.54) is 23.9 Å². The lowest BCUT2D eigenvalue weighted by molar-refractivity contribution is -0.137. The van der Waals surface area contributed by atoms with Gasteiger partial charge in [0, 0.05) is 68.8 Å². The molecule has 1 aliphatic heterocycles. The van der Waals surface area contributed by atoms with Gasteiger partial charge in [-0.15, -0.1) is 11.8 Å². The van der Waals surface area contributed by atoms with E-state index in [0.29, 0.717) is 70.8 Å². The Kier molecular flexibility index (Phi) is 21.2. The Morgan fingerprint density at radius 1 is 0.857 bits per heavy atom. The summed E-state index contributed by atoms with van der Waals surface area (Å²) >= 11 is 1.40. The van der Waals surface area contributed by atoms with Gasteiger partial charge in [-0.05, 0) is 35.6 Å². The van der Waals surface area contributed by atoms with E-state index in [9.17, 15) is 33.5 Å². The maximum absolute atomic E-state index is 15.1. The molecular weight excluding hydrogens is 843 g/mol. The Balaban J connectivity index is 1.19. The van der Waals surface area contributed by atoms with Crippen LogP contribution in [0, 0.1) is 17.0 Å². The molecule has 0 fully saturated rings. The summed E-state index contributed by atoms with van der Waals surface area (Å²) in [5, 5.41) is 14.2. The Morgan fingerprint density at radius 3 is 2.13 bits per heavy atom. The second-order valence-corrected chi connectivity index (χ2v) is 16.5. The first-order valence-electron chi connectivity index (χ1n) is 20.8. The lowest BCUT2D eigenvalue weighted by Gasteiger charge is -2.40. The molecule has 19 heteroatoms. The Morgan fingerprint density at radius 2 is 1.49 bits per heavy atom. The topological polar surface area (TPSA) is 191 Å². The van der Waals surface area contributed by atoms with Crippen molar-refractivity contribution < 1.29 is 56.8 Å². The van der Waals surface area contributed by atoms with E-state index in [-0.39, 0.29) is 68.0 Å². The molecule has 5 amide bonds. The molecule has 2 heterocycles. The summed E-state index contributed by atoms with van der Waals surface area (Å²) in [5.41, 5.74) is 0.568. The number of benzene rings is 2. The minimum absolute atomic E-state index is 0.00197. The third-order valence-corrected chi connectivity index (χ3v) is 10.4. The van der Waals surface area contributed by atoms with Crippen LogP contribution in [0.4, 0.5) is 13.6 Å². The first kappa shape index (κ1) is 50.4. The van der Waals surface area contributed by atoms with E-state index in [4.69, 9.17) is 23.9 Å². The van der Waals surface area contributed by atoms with Crippen LogP contribution in [-0.2, 0) is 44.7 Å². The number of halogens is 2. The zero-order chi connectivity index (χ0) is 45.6. The number of imidazole rings is 1. The van der Waals surface area contributed by atoms with Gasteiger partial charge in [0.2, 0.25) is 11.8 Å². The number of rotatable bonds is 29. The number of imide groups is 1. The van der Waals surface area contributed by atoms with E-state index in [1.807, 2.05) is 55.7 Å². The predicted molar refractivity (Wildman–Crippen MR) is 232 cm³/mol. The molecule has 0 spiro atoms. The van der Waals surface area contributed by atoms with Crippen molar-refractivity contribution in [2.75, 3.05) is 90.5 Å². The second kappa shape index (κ2) is 26.4. The van der Waals surface area contributed by atoms with Crippen molar-refractivity contribution in [3.63, 3.8) is 0 Å². The maximum atomic E-state index is 15.1. The Labute approximate surface area is 370 Å². The molecule has 0 aliphatic carbocycles. The van der Waals surface area contributed by atoms with Crippen molar-refractivity contribution in [2.24, 2.45) is 5.41 Å². The minimum Gasteiger partial charge on any atom is -0.465 e. The second-order valence-electron chi connectivity index (χ2n) is 15.4. The van der Waals surface area contributed by atoms with Crippen molar-refractivity contribution in [3.8, 4) is 11.3 Å². The van der Waals surface area contributed by atoms with Crippen molar-refractivity contribution in [1.82, 2.24) is 30.0 Å². The zero-order valence-electron chi connectivity index (χ0n) is 36.0. The van der Waals surface area contributed by atoms with Crippen LogP contribution in [0.15, 0.2) is 66.9 Å². The zero-order valence-corrected chi connectivity index (χ0v) is 36.8. The largest absolute Gasteiger partial charge is 0.465 e. The van der Waals surface area contributed by atoms with E-state index < -0.39 is 41.0 Å². The summed E-state index contributed by atoms with van der Waals surface area (Å²) in [7, 11) is 0. The van der Waals surface area contributed by atoms with Gasteiger partial charge in [-0.25, -0.2) is 18.6 Å². The van der Waals surface area contributed by atoms with Crippen LogP contribution in [0.5, 0.6) is 0 Å². The molecule has 0 saturated carbocycles. The van der Waals surface area contributed by atoms with Gasteiger partial charge in [-0.3, -0.25) is 24.1 Å². The molecule has 0 bridgehead atoms. The van der Waals surface area contributed by atoms with E-state index in [2.05, 4.69) is 10.6 Å². The standard InChI is InChI=1S/C44H58F2N6O10S/c1-44(2,3)41(42-49-36(34-28-33(45)10-11-35(34)46)30-50(42)29-32-8-5-4-6-9-32)52(17-7-15-48-43(57)58)40(56)31-63-27-26-62-25-24-61-23-22-60-21-20-59-19-14-37(53)47-16-18-51-38(54)12-13-39(51)55/h4-6,8-13,28,30,41,48H,7,14-27,29,31H2,1-3H3,(H,47,53)(H,57,58)/t41-/m0/s1. The molecule has 1 atom stereocenters. The van der Waals surface area contributed by atoms with Gasteiger partial charge in [0.1, 0.15) is 17.5 Å². The molecule has 3 N–H and O–H groups in total. The van der Waals surface area contributed by atoms with Gasteiger partial charge in [0.05, 0.1) is 70.3 Å². The SMILES string of the molecule is CC(C)(C)[C@H](c1nc(-c2cc(F)ccc2F)cn1Cc1ccccc1)N(CCCNC(=O)O)C(=O)CSCCOCCOCCOCCOCCC(=O)NCCN1C(=O)C=CC1=O.